The molecule has 0 aliphatic rings. The lowest BCUT2D eigenvalue weighted by molar-refractivity contribution is -0.114. The second kappa shape index (κ2) is 7.49. The Bertz CT molecular complexity index is 951. The summed E-state index contributed by atoms with van der Waals surface area (Å²) < 4.78 is 2.00. The molecule has 0 aliphatic carbocycles. The Kier molecular flexibility index (Phi) is 5.40. The van der Waals surface area contributed by atoms with Gasteiger partial charge in [-0.2, -0.15) is 0 Å². The quantitative estimate of drug-likeness (QED) is 0.509. The van der Waals surface area contributed by atoms with Crippen LogP contribution in [0.25, 0.3) is 11.0 Å². The molecule has 0 spiro atoms. The molecule has 0 radical (unpaired) electrons. The summed E-state index contributed by atoms with van der Waals surface area (Å²) >= 11 is 0. The Hall–Kier alpha value is -3.33. The van der Waals surface area contributed by atoms with Crippen molar-refractivity contribution in [3.05, 3.63) is 54.0 Å². The fraction of sp³-hybridized carbons (Fsp3) is 0.211. The highest BCUT2D eigenvalue weighted by Crippen LogP contribution is 2.25. The zero-order valence-corrected chi connectivity index (χ0v) is 14.6. The minimum atomic E-state index is -0.495. The van der Waals surface area contributed by atoms with Crippen LogP contribution in [0.1, 0.15) is 32.4 Å². The molecule has 0 bridgehead atoms. The normalized spacial score (nSPS) is 12.2. The molecule has 0 aliphatic heterocycles. The van der Waals surface area contributed by atoms with E-state index in [-0.39, 0.29) is 6.04 Å². The predicted octanol–water partition coefficient (Wildman–Crippen LogP) is 2.49. The van der Waals surface area contributed by atoms with Gasteiger partial charge < -0.3 is 16.0 Å². The minimum Gasteiger partial charge on any atom is -0.383 e. The first-order valence-corrected chi connectivity index (χ1v) is 7.79. The Labute approximate surface area is 146 Å². The Morgan fingerprint density at radius 1 is 1.40 bits per heavy atom. The fourth-order valence-corrected chi connectivity index (χ4v) is 2.29. The lowest BCUT2D eigenvalue weighted by Crippen LogP contribution is -2.11. The lowest BCUT2D eigenvalue weighted by Gasteiger charge is -2.07. The molecular formula is C19H21N5O. The van der Waals surface area contributed by atoms with Gasteiger partial charge >= 0.3 is 0 Å². The number of fused-ring (bicyclic) bond motifs is 1. The van der Waals surface area contributed by atoms with Gasteiger partial charge in [-0.1, -0.05) is 24.5 Å². The first kappa shape index (κ1) is 18.0. The highest BCUT2D eigenvalue weighted by Gasteiger charge is 2.13. The van der Waals surface area contributed by atoms with Gasteiger partial charge in [-0.15, -0.1) is 0 Å². The Morgan fingerprint density at radius 3 is 2.72 bits per heavy atom. The molecule has 6 heteroatoms. The highest BCUT2D eigenvalue weighted by molar-refractivity contribution is 5.93. The van der Waals surface area contributed by atoms with E-state index in [0.717, 1.165) is 16.6 Å². The first-order chi connectivity index (χ1) is 11.8. The van der Waals surface area contributed by atoms with Gasteiger partial charge in [0.15, 0.2) is 0 Å². The van der Waals surface area contributed by atoms with Crippen molar-refractivity contribution in [3.63, 3.8) is 0 Å². The van der Waals surface area contributed by atoms with Gasteiger partial charge in [0.1, 0.15) is 17.8 Å². The van der Waals surface area contributed by atoms with E-state index < -0.39 is 5.91 Å². The molecule has 2 rings (SSSR count). The zero-order chi connectivity index (χ0) is 18.6. The number of anilines is 1. The van der Waals surface area contributed by atoms with Crippen LogP contribution in [0.5, 0.6) is 0 Å². The predicted molar refractivity (Wildman–Crippen MR) is 100 cm³/mol. The van der Waals surface area contributed by atoms with Crippen molar-refractivity contribution in [2.45, 2.75) is 26.8 Å². The number of carbonyl (C=O) groups is 1. The number of amides is 1. The number of nitrogens with two attached hydrogens (primary N) is 2. The van der Waals surface area contributed by atoms with Gasteiger partial charge in [-0.05, 0) is 32.9 Å². The van der Waals surface area contributed by atoms with E-state index in [1.807, 2.05) is 10.8 Å². The van der Waals surface area contributed by atoms with E-state index in [0.29, 0.717) is 17.0 Å². The number of carbonyl (C=O) groups excluding carboxylic acids is 1. The van der Waals surface area contributed by atoms with Crippen molar-refractivity contribution in [3.8, 4) is 11.8 Å². The summed E-state index contributed by atoms with van der Waals surface area (Å²) in [7, 11) is 0. The average Bonchev–Trinajstić information content (AvgIpc) is 2.93. The summed E-state index contributed by atoms with van der Waals surface area (Å²) in [6.45, 7) is 9.41. The molecule has 0 fully saturated rings. The van der Waals surface area contributed by atoms with E-state index in [4.69, 9.17) is 11.5 Å². The van der Waals surface area contributed by atoms with Crippen molar-refractivity contribution >= 4 is 22.8 Å². The van der Waals surface area contributed by atoms with Gasteiger partial charge in [0, 0.05) is 23.4 Å². The van der Waals surface area contributed by atoms with E-state index in [9.17, 15) is 4.79 Å². The number of nitrogen functional groups attached to an aromatic ring is 1. The number of aromatic nitrogens is 3. The largest absolute Gasteiger partial charge is 0.383 e. The molecule has 2 aromatic heterocycles. The maximum Gasteiger partial charge on any atom is 0.244 e. The van der Waals surface area contributed by atoms with Gasteiger partial charge in [-0.3, -0.25) is 4.79 Å². The second-order valence-corrected chi connectivity index (χ2v) is 5.80. The number of allylic oxidation sites excluding steroid dienone is 4. The molecule has 4 N–H and O–H groups in total. The Morgan fingerprint density at radius 2 is 2.12 bits per heavy atom. The first-order valence-electron chi connectivity index (χ1n) is 7.79. The third-order valence-electron chi connectivity index (χ3n) is 3.59. The van der Waals surface area contributed by atoms with Crippen LogP contribution >= 0.6 is 0 Å². The van der Waals surface area contributed by atoms with Crippen LogP contribution in [-0.2, 0) is 4.79 Å². The molecule has 0 saturated heterocycles. The third-order valence-corrected chi connectivity index (χ3v) is 3.59. The van der Waals surface area contributed by atoms with Crippen LogP contribution in [0.4, 0.5) is 5.82 Å². The maximum absolute atomic E-state index is 11.2. The second-order valence-electron chi connectivity index (χ2n) is 5.80. The van der Waals surface area contributed by atoms with Crippen molar-refractivity contribution in [1.29, 1.82) is 0 Å². The molecule has 0 saturated carbocycles. The highest BCUT2D eigenvalue weighted by atomic mass is 16.1. The van der Waals surface area contributed by atoms with Gasteiger partial charge in [0.25, 0.3) is 0 Å². The van der Waals surface area contributed by atoms with Crippen LogP contribution < -0.4 is 11.5 Å². The van der Waals surface area contributed by atoms with E-state index in [1.165, 1.54) is 6.33 Å². The number of primary amides is 1. The van der Waals surface area contributed by atoms with Crippen LogP contribution in [0, 0.1) is 11.8 Å². The molecule has 6 nitrogen and oxygen atoms in total. The molecule has 128 valence electrons. The van der Waals surface area contributed by atoms with E-state index in [2.05, 4.69) is 42.2 Å². The molecule has 2 heterocycles. The molecule has 0 aromatic carbocycles. The molecule has 2 aromatic rings. The topological polar surface area (TPSA) is 99.8 Å². The standard InChI is InChI=1S/C19H21N5O/c1-5-6-14(9-13(4)18(21)25)7-8-15-10-24(12(2)3)19-16(15)17(20)22-11-23-19/h5-6,9-12H,1H2,2-4H3,(H2,21,25)(H2,20,22,23)/b13-9+,14-6-. The summed E-state index contributed by atoms with van der Waals surface area (Å²) in [5.41, 5.74) is 13.8. The number of hydrogen-bond donors (Lipinski definition) is 2. The molecule has 1 amide bonds. The smallest absolute Gasteiger partial charge is 0.244 e. The number of rotatable bonds is 4. The van der Waals surface area contributed by atoms with Crippen molar-refractivity contribution in [2.24, 2.45) is 5.73 Å². The van der Waals surface area contributed by atoms with E-state index in [1.54, 1.807) is 25.2 Å². The number of nitrogens with zero attached hydrogens (tertiary/aromatic N) is 3. The van der Waals surface area contributed by atoms with Crippen molar-refractivity contribution < 1.29 is 4.79 Å². The molecular weight excluding hydrogens is 314 g/mol. The SMILES string of the molecule is C=C/C=C(C#Cc1cn(C(C)C)c2ncnc(N)c12)\C=C(/C)C(N)=O. The molecule has 0 atom stereocenters. The van der Waals surface area contributed by atoms with Gasteiger partial charge in [0.2, 0.25) is 5.91 Å². The minimum absolute atomic E-state index is 0.201. The third kappa shape index (κ3) is 3.96. The Balaban J connectivity index is 2.59. The molecule has 25 heavy (non-hydrogen) atoms. The van der Waals surface area contributed by atoms with Crippen molar-refractivity contribution in [2.75, 3.05) is 5.73 Å². The maximum atomic E-state index is 11.2. The van der Waals surface area contributed by atoms with Gasteiger partial charge in [0.05, 0.1) is 10.9 Å². The van der Waals surface area contributed by atoms with Crippen LogP contribution in [0.3, 0.4) is 0 Å². The summed E-state index contributed by atoms with van der Waals surface area (Å²) in [5, 5.41) is 0.720. The van der Waals surface area contributed by atoms with Crippen molar-refractivity contribution in [1.82, 2.24) is 14.5 Å². The fourth-order valence-electron chi connectivity index (χ4n) is 2.29. The molecule has 0 unspecified atom stereocenters. The number of hydrogen-bond acceptors (Lipinski definition) is 4. The summed E-state index contributed by atoms with van der Waals surface area (Å²) in [6, 6.07) is 0.201. The zero-order valence-electron chi connectivity index (χ0n) is 14.6. The summed E-state index contributed by atoms with van der Waals surface area (Å²) in [6.07, 6.45) is 8.28. The average molecular weight is 335 g/mol. The van der Waals surface area contributed by atoms with Crippen LogP contribution in [0.2, 0.25) is 0 Å². The summed E-state index contributed by atoms with van der Waals surface area (Å²) in [5.74, 6) is 6.00. The van der Waals surface area contributed by atoms with Crippen LogP contribution in [0.15, 0.2) is 48.5 Å². The monoisotopic (exact) mass is 335 g/mol. The summed E-state index contributed by atoms with van der Waals surface area (Å²) in [4.78, 5) is 19.6. The van der Waals surface area contributed by atoms with Gasteiger partial charge in [-0.25, -0.2) is 9.97 Å². The lowest BCUT2D eigenvalue weighted by atomic mass is 10.1. The van der Waals surface area contributed by atoms with E-state index >= 15 is 0 Å². The van der Waals surface area contributed by atoms with Crippen LogP contribution in [-0.4, -0.2) is 20.4 Å².